The zero-order chi connectivity index (χ0) is 19.7. The number of ether oxygens (including phenoxy) is 1. The van der Waals surface area contributed by atoms with E-state index in [0.29, 0.717) is 30.2 Å². The highest BCUT2D eigenvalue weighted by Crippen LogP contribution is 2.31. The average Bonchev–Trinajstić information content (AvgIpc) is 2.68. The lowest BCUT2D eigenvalue weighted by molar-refractivity contribution is 0.415. The molecule has 0 saturated carbocycles. The van der Waals surface area contributed by atoms with Crippen molar-refractivity contribution in [3.8, 4) is 17.0 Å². The van der Waals surface area contributed by atoms with E-state index in [9.17, 15) is 0 Å². The number of hydrogen-bond acceptors (Lipinski definition) is 7. The van der Waals surface area contributed by atoms with Gasteiger partial charge in [-0.05, 0) is 37.3 Å². The van der Waals surface area contributed by atoms with Crippen LogP contribution in [0.15, 0.2) is 42.9 Å². The van der Waals surface area contributed by atoms with Crippen LogP contribution in [0, 0.1) is 12.7 Å². The summed E-state index contributed by atoms with van der Waals surface area (Å²) in [5.74, 6) is 2.22. The van der Waals surface area contributed by atoms with Crippen molar-refractivity contribution in [2.24, 2.45) is 0 Å². The standard InChI is InChI=1S/C20H21FN6O/c1-13-22-9-8-17(25-13)26(2)15-10-27(11-15)20-18(21)19(23-12-24-20)14-4-6-16(28-3)7-5-14/h4-9,12,15H,10-11H2,1-3H3. The molecular weight excluding hydrogens is 359 g/mol. The Labute approximate surface area is 162 Å². The van der Waals surface area contributed by atoms with Gasteiger partial charge in [0.05, 0.1) is 13.2 Å². The Kier molecular flexibility index (Phi) is 4.77. The molecule has 0 bridgehead atoms. The van der Waals surface area contributed by atoms with E-state index in [2.05, 4.69) is 24.8 Å². The number of nitrogens with zero attached hydrogens (tertiary/aromatic N) is 6. The molecule has 8 heteroatoms. The van der Waals surface area contributed by atoms with Crippen molar-refractivity contribution in [1.82, 2.24) is 19.9 Å². The molecule has 0 radical (unpaired) electrons. The van der Waals surface area contributed by atoms with Crippen molar-refractivity contribution in [3.63, 3.8) is 0 Å². The molecule has 28 heavy (non-hydrogen) atoms. The van der Waals surface area contributed by atoms with Gasteiger partial charge in [0, 0.05) is 31.9 Å². The number of benzene rings is 1. The maximum absolute atomic E-state index is 15.1. The number of aromatic nitrogens is 4. The molecule has 0 aliphatic carbocycles. The van der Waals surface area contributed by atoms with E-state index in [-0.39, 0.29) is 11.7 Å². The topological polar surface area (TPSA) is 67.3 Å². The van der Waals surface area contributed by atoms with Gasteiger partial charge in [0.25, 0.3) is 0 Å². The zero-order valence-electron chi connectivity index (χ0n) is 16.0. The second-order valence-electron chi connectivity index (χ2n) is 6.72. The fourth-order valence-electron chi connectivity index (χ4n) is 3.23. The SMILES string of the molecule is COc1ccc(-c2ncnc(N3CC(N(C)c4ccnc(C)n4)C3)c2F)cc1. The highest BCUT2D eigenvalue weighted by Gasteiger charge is 2.34. The molecule has 0 atom stereocenters. The molecule has 144 valence electrons. The van der Waals surface area contributed by atoms with Crippen LogP contribution in [-0.2, 0) is 0 Å². The second kappa shape index (κ2) is 7.38. The van der Waals surface area contributed by atoms with Gasteiger partial charge in [0.1, 0.15) is 29.4 Å². The Balaban J connectivity index is 1.50. The summed E-state index contributed by atoms with van der Waals surface area (Å²) in [5, 5.41) is 0. The Hall–Kier alpha value is -3.29. The number of halogens is 1. The quantitative estimate of drug-likeness (QED) is 0.674. The van der Waals surface area contributed by atoms with E-state index in [1.165, 1.54) is 6.33 Å². The molecule has 7 nitrogen and oxygen atoms in total. The maximum atomic E-state index is 15.1. The van der Waals surface area contributed by atoms with E-state index in [0.717, 1.165) is 11.6 Å². The molecule has 0 unspecified atom stereocenters. The lowest BCUT2D eigenvalue weighted by Crippen LogP contribution is -2.59. The number of hydrogen-bond donors (Lipinski definition) is 0. The van der Waals surface area contributed by atoms with Crippen LogP contribution >= 0.6 is 0 Å². The number of likely N-dealkylation sites (N-methyl/N-ethyl adjacent to an activating group) is 1. The first-order chi connectivity index (χ1) is 13.6. The molecule has 0 amide bonds. The first-order valence-corrected chi connectivity index (χ1v) is 8.99. The summed E-state index contributed by atoms with van der Waals surface area (Å²) < 4.78 is 20.2. The van der Waals surface area contributed by atoms with Crippen LogP contribution in [0.3, 0.4) is 0 Å². The van der Waals surface area contributed by atoms with Crippen molar-refractivity contribution in [2.45, 2.75) is 13.0 Å². The minimum Gasteiger partial charge on any atom is -0.497 e. The molecule has 1 fully saturated rings. The van der Waals surface area contributed by atoms with Gasteiger partial charge in [-0.1, -0.05) is 0 Å². The summed E-state index contributed by atoms with van der Waals surface area (Å²) >= 11 is 0. The lowest BCUT2D eigenvalue weighted by atomic mass is 10.1. The van der Waals surface area contributed by atoms with Gasteiger partial charge in [-0.15, -0.1) is 0 Å². The summed E-state index contributed by atoms with van der Waals surface area (Å²) in [6.07, 6.45) is 3.15. The summed E-state index contributed by atoms with van der Waals surface area (Å²) in [6.45, 7) is 3.19. The monoisotopic (exact) mass is 380 g/mol. The Morgan fingerprint density at radius 3 is 2.54 bits per heavy atom. The van der Waals surface area contributed by atoms with Crippen molar-refractivity contribution in [2.75, 3.05) is 37.0 Å². The Morgan fingerprint density at radius 2 is 1.86 bits per heavy atom. The van der Waals surface area contributed by atoms with Crippen molar-refractivity contribution < 1.29 is 9.13 Å². The van der Waals surface area contributed by atoms with Crippen LogP contribution in [0.25, 0.3) is 11.3 Å². The molecule has 1 aliphatic rings. The van der Waals surface area contributed by atoms with E-state index in [1.807, 2.05) is 24.9 Å². The minimum atomic E-state index is -0.411. The van der Waals surface area contributed by atoms with Gasteiger partial charge in [-0.2, -0.15) is 0 Å². The van der Waals surface area contributed by atoms with E-state index in [1.54, 1.807) is 37.6 Å². The fourth-order valence-corrected chi connectivity index (χ4v) is 3.23. The number of methoxy groups -OCH3 is 1. The first kappa shape index (κ1) is 18.1. The van der Waals surface area contributed by atoms with Crippen LogP contribution in [-0.4, -0.2) is 53.2 Å². The summed E-state index contributed by atoms with van der Waals surface area (Å²) in [6, 6.07) is 9.26. The van der Waals surface area contributed by atoms with Crippen LogP contribution in [0.4, 0.5) is 16.0 Å². The highest BCUT2D eigenvalue weighted by molar-refractivity contribution is 5.65. The van der Waals surface area contributed by atoms with Crippen molar-refractivity contribution in [1.29, 1.82) is 0 Å². The Morgan fingerprint density at radius 1 is 1.11 bits per heavy atom. The maximum Gasteiger partial charge on any atom is 0.191 e. The van der Waals surface area contributed by atoms with Gasteiger partial charge >= 0.3 is 0 Å². The van der Waals surface area contributed by atoms with Gasteiger partial charge < -0.3 is 14.5 Å². The van der Waals surface area contributed by atoms with Crippen LogP contribution in [0.5, 0.6) is 5.75 Å². The third-order valence-electron chi connectivity index (χ3n) is 4.97. The molecule has 3 heterocycles. The molecular formula is C20H21FN6O. The predicted octanol–water partition coefficient (Wildman–Crippen LogP) is 2.71. The van der Waals surface area contributed by atoms with Crippen LogP contribution in [0.1, 0.15) is 5.82 Å². The summed E-state index contributed by atoms with van der Waals surface area (Å²) in [7, 11) is 3.58. The van der Waals surface area contributed by atoms with Gasteiger partial charge in [0.2, 0.25) is 0 Å². The van der Waals surface area contributed by atoms with Crippen molar-refractivity contribution in [3.05, 3.63) is 54.5 Å². The molecule has 0 N–H and O–H groups in total. The van der Waals surface area contributed by atoms with Gasteiger partial charge in [-0.25, -0.2) is 24.3 Å². The number of aryl methyl sites for hydroxylation is 1. The predicted molar refractivity (Wildman–Crippen MR) is 105 cm³/mol. The summed E-state index contributed by atoms with van der Waals surface area (Å²) in [5.41, 5.74) is 0.975. The highest BCUT2D eigenvalue weighted by atomic mass is 19.1. The molecule has 1 aliphatic heterocycles. The third kappa shape index (κ3) is 3.33. The normalized spacial score (nSPS) is 13.9. The molecule has 2 aromatic heterocycles. The largest absolute Gasteiger partial charge is 0.497 e. The molecule has 1 aromatic carbocycles. The van der Waals surface area contributed by atoms with Crippen LogP contribution in [0.2, 0.25) is 0 Å². The third-order valence-corrected chi connectivity index (χ3v) is 4.97. The summed E-state index contributed by atoms with van der Waals surface area (Å²) in [4.78, 5) is 20.9. The average molecular weight is 380 g/mol. The molecule has 0 spiro atoms. The van der Waals surface area contributed by atoms with Gasteiger partial charge in [-0.3, -0.25) is 0 Å². The molecule has 4 rings (SSSR count). The minimum absolute atomic E-state index is 0.230. The second-order valence-corrected chi connectivity index (χ2v) is 6.72. The fraction of sp³-hybridized carbons (Fsp3) is 0.300. The van der Waals surface area contributed by atoms with E-state index in [4.69, 9.17) is 4.74 Å². The molecule has 3 aromatic rings. The number of rotatable bonds is 5. The van der Waals surface area contributed by atoms with E-state index >= 15 is 4.39 Å². The van der Waals surface area contributed by atoms with E-state index < -0.39 is 5.82 Å². The van der Waals surface area contributed by atoms with Gasteiger partial charge in [0.15, 0.2) is 11.6 Å². The molecule has 1 saturated heterocycles. The lowest BCUT2D eigenvalue weighted by Gasteiger charge is -2.45. The Bertz CT molecular complexity index is 975. The zero-order valence-corrected chi connectivity index (χ0v) is 16.0. The van der Waals surface area contributed by atoms with Crippen molar-refractivity contribution >= 4 is 11.6 Å². The van der Waals surface area contributed by atoms with Crippen LogP contribution < -0.4 is 14.5 Å². The number of anilines is 2. The smallest absolute Gasteiger partial charge is 0.191 e. The first-order valence-electron chi connectivity index (χ1n) is 8.99.